The second-order valence-corrected chi connectivity index (χ2v) is 8.64. The van der Waals surface area contributed by atoms with Crippen molar-refractivity contribution in [1.82, 2.24) is 15.2 Å². The van der Waals surface area contributed by atoms with Crippen LogP contribution in [-0.2, 0) is 22.6 Å². The number of carbonyl (C=O) groups excluding carboxylic acids is 3. The maximum absolute atomic E-state index is 13.7. The van der Waals surface area contributed by atoms with E-state index in [1.807, 2.05) is 35.7 Å². The molecule has 1 aromatic heterocycles. The van der Waals surface area contributed by atoms with Crippen LogP contribution in [0.15, 0.2) is 65.5 Å². The van der Waals surface area contributed by atoms with Gasteiger partial charge in [-0.05, 0) is 17.7 Å². The van der Waals surface area contributed by atoms with Gasteiger partial charge in [0.25, 0.3) is 11.8 Å². The number of rotatable bonds is 6. The second-order valence-electron chi connectivity index (χ2n) is 7.93. The molecule has 1 fully saturated rings. The molecular weight excluding hydrogens is 424 g/mol. The van der Waals surface area contributed by atoms with Crippen LogP contribution in [0.3, 0.4) is 0 Å². The molecule has 0 aliphatic carbocycles. The van der Waals surface area contributed by atoms with Crippen molar-refractivity contribution in [3.63, 3.8) is 0 Å². The smallest absolute Gasteiger partial charge is 0.267 e. The van der Waals surface area contributed by atoms with Gasteiger partial charge in [0.2, 0.25) is 11.6 Å². The number of benzene rings is 2. The molecular formula is C24H22N4O3S. The van der Waals surface area contributed by atoms with Crippen LogP contribution >= 0.6 is 11.3 Å². The molecule has 1 N–H and O–H groups in total. The Morgan fingerprint density at radius 2 is 1.88 bits per heavy atom. The van der Waals surface area contributed by atoms with Gasteiger partial charge in [0.1, 0.15) is 0 Å². The number of anilines is 1. The summed E-state index contributed by atoms with van der Waals surface area (Å²) >= 11 is 1.51. The molecule has 8 heteroatoms. The highest BCUT2D eigenvalue weighted by Crippen LogP contribution is 2.45. The predicted molar refractivity (Wildman–Crippen MR) is 121 cm³/mol. The molecule has 2 aromatic carbocycles. The third-order valence-electron chi connectivity index (χ3n) is 6.07. The van der Waals surface area contributed by atoms with Gasteiger partial charge >= 0.3 is 0 Å². The average molecular weight is 447 g/mol. The lowest BCUT2D eigenvalue weighted by molar-refractivity contribution is -0.134. The molecule has 162 valence electrons. The molecule has 0 spiro atoms. The molecule has 5 rings (SSSR count). The number of nitrogens with zero attached hydrogens (tertiary/aromatic N) is 3. The number of fused-ring (bicyclic) bond motifs is 3. The van der Waals surface area contributed by atoms with Crippen molar-refractivity contribution in [2.24, 2.45) is 0 Å². The Hall–Kier alpha value is -3.52. The van der Waals surface area contributed by atoms with Crippen molar-refractivity contribution in [1.29, 1.82) is 0 Å². The zero-order valence-corrected chi connectivity index (χ0v) is 18.2. The number of hydrogen-bond acceptors (Lipinski definition) is 5. The van der Waals surface area contributed by atoms with Crippen LogP contribution < -0.4 is 10.2 Å². The molecule has 3 amide bonds. The monoisotopic (exact) mass is 446 g/mol. The Balaban J connectivity index is 1.54. The lowest BCUT2D eigenvalue weighted by atomic mass is 9.94. The molecule has 7 nitrogen and oxygen atoms in total. The molecule has 0 unspecified atom stereocenters. The highest BCUT2D eigenvalue weighted by atomic mass is 32.1. The van der Waals surface area contributed by atoms with Crippen LogP contribution in [0.1, 0.15) is 34.5 Å². The van der Waals surface area contributed by atoms with E-state index in [1.165, 1.54) is 16.2 Å². The van der Waals surface area contributed by atoms with Gasteiger partial charge in [-0.15, -0.1) is 11.3 Å². The summed E-state index contributed by atoms with van der Waals surface area (Å²) in [5.74, 6) is -0.736. The fraction of sp³-hybridized carbons (Fsp3) is 0.250. The minimum Gasteiger partial charge on any atom is -0.352 e. The Kier molecular flexibility index (Phi) is 5.22. The molecule has 0 radical (unpaired) electrons. The molecule has 3 heterocycles. The first-order chi connectivity index (χ1) is 15.6. The molecule has 32 heavy (non-hydrogen) atoms. The quantitative estimate of drug-likeness (QED) is 0.631. The minimum absolute atomic E-state index is 0.155. The lowest BCUT2D eigenvalue weighted by Crippen LogP contribution is -2.70. The Labute approximate surface area is 189 Å². The normalized spacial score (nSPS) is 19.6. The maximum atomic E-state index is 13.7. The van der Waals surface area contributed by atoms with E-state index in [1.54, 1.807) is 34.7 Å². The van der Waals surface area contributed by atoms with Gasteiger partial charge in [0, 0.05) is 37.7 Å². The lowest BCUT2D eigenvalue weighted by Gasteiger charge is -2.49. The summed E-state index contributed by atoms with van der Waals surface area (Å²) in [5, 5.41) is 4.92. The highest BCUT2D eigenvalue weighted by Gasteiger charge is 2.60. The standard InChI is InChI=1S/C24H22N4O3S/c29-21-10-12-24(23(31)25-13-11-18-15-32-16-26-18)27(14-17-6-2-1-3-7-17)22(30)19-8-4-5-9-20(19)28(21)24/h1-9,15-16H,10-14H2,(H,25,31)/t24-/m1/s1. The van der Waals surface area contributed by atoms with Crippen LogP contribution in [0.2, 0.25) is 0 Å². The predicted octanol–water partition coefficient (Wildman–Crippen LogP) is 2.98. The fourth-order valence-corrected chi connectivity index (χ4v) is 5.17. The molecule has 3 aromatic rings. The Morgan fingerprint density at radius 3 is 2.66 bits per heavy atom. The fourth-order valence-electron chi connectivity index (χ4n) is 4.58. The van der Waals surface area contributed by atoms with E-state index in [0.29, 0.717) is 24.2 Å². The number of hydrogen-bond donors (Lipinski definition) is 1. The summed E-state index contributed by atoms with van der Waals surface area (Å²) < 4.78 is 0. The summed E-state index contributed by atoms with van der Waals surface area (Å²) in [4.78, 5) is 47.7. The summed E-state index contributed by atoms with van der Waals surface area (Å²) in [7, 11) is 0. The van der Waals surface area contributed by atoms with Gasteiger partial charge < -0.3 is 10.2 Å². The average Bonchev–Trinajstić information content (AvgIpc) is 3.46. The van der Waals surface area contributed by atoms with Crippen molar-refractivity contribution in [3.8, 4) is 0 Å². The highest BCUT2D eigenvalue weighted by molar-refractivity contribution is 7.07. The number of nitrogens with one attached hydrogen (secondary N) is 1. The Bertz CT molecular complexity index is 1170. The first-order valence-electron chi connectivity index (χ1n) is 10.5. The first-order valence-corrected chi connectivity index (χ1v) is 11.5. The third kappa shape index (κ3) is 3.27. The van der Waals surface area contributed by atoms with E-state index in [2.05, 4.69) is 10.3 Å². The summed E-state index contributed by atoms with van der Waals surface area (Å²) in [6.07, 6.45) is 1.04. The number of amides is 3. The van der Waals surface area contributed by atoms with Gasteiger partial charge in [-0.1, -0.05) is 42.5 Å². The van der Waals surface area contributed by atoms with Gasteiger partial charge in [-0.3, -0.25) is 19.3 Å². The van der Waals surface area contributed by atoms with E-state index >= 15 is 0 Å². The molecule has 2 aliphatic heterocycles. The van der Waals surface area contributed by atoms with Crippen molar-refractivity contribution >= 4 is 34.7 Å². The zero-order chi connectivity index (χ0) is 22.1. The zero-order valence-electron chi connectivity index (χ0n) is 17.4. The SMILES string of the molecule is O=C1c2ccccc2N2C(=O)CC[C@@]2(C(=O)NCCc2cscn2)N1Cc1ccccc1. The van der Waals surface area contributed by atoms with Gasteiger partial charge in [-0.25, -0.2) is 4.98 Å². The maximum Gasteiger partial charge on any atom is 0.267 e. The number of para-hydroxylation sites is 1. The van der Waals surface area contributed by atoms with Crippen molar-refractivity contribution < 1.29 is 14.4 Å². The van der Waals surface area contributed by atoms with Gasteiger partial charge in [0.15, 0.2) is 0 Å². The van der Waals surface area contributed by atoms with E-state index in [-0.39, 0.29) is 37.1 Å². The van der Waals surface area contributed by atoms with Gasteiger partial charge in [-0.2, -0.15) is 0 Å². The number of carbonyl (C=O) groups is 3. The van der Waals surface area contributed by atoms with Gasteiger partial charge in [0.05, 0.1) is 22.5 Å². The minimum atomic E-state index is -1.39. The van der Waals surface area contributed by atoms with E-state index in [0.717, 1.165) is 11.3 Å². The third-order valence-corrected chi connectivity index (χ3v) is 6.71. The van der Waals surface area contributed by atoms with Crippen molar-refractivity contribution in [3.05, 3.63) is 82.3 Å². The molecule has 0 saturated carbocycles. The largest absolute Gasteiger partial charge is 0.352 e. The summed E-state index contributed by atoms with van der Waals surface area (Å²) in [6.45, 7) is 0.610. The second kappa shape index (κ2) is 8.20. The molecule has 0 bridgehead atoms. The number of aromatic nitrogens is 1. The first kappa shape index (κ1) is 20.4. The van der Waals surface area contributed by atoms with Crippen molar-refractivity contribution in [2.75, 3.05) is 11.4 Å². The Morgan fingerprint density at radius 1 is 1.09 bits per heavy atom. The van der Waals surface area contributed by atoms with E-state index in [9.17, 15) is 14.4 Å². The van der Waals surface area contributed by atoms with Crippen molar-refractivity contribution in [2.45, 2.75) is 31.5 Å². The molecule has 2 aliphatic rings. The number of thiazole rings is 1. The van der Waals surface area contributed by atoms with E-state index < -0.39 is 5.66 Å². The van der Waals surface area contributed by atoms with Crippen LogP contribution in [0.25, 0.3) is 0 Å². The van der Waals surface area contributed by atoms with Crippen LogP contribution in [0, 0.1) is 0 Å². The van der Waals surface area contributed by atoms with Crippen LogP contribution in [0.4, 0.5) is 5.69 Å². The summed E-state index contributed by atoms with van der Waals surface area (Å²) in [5.41, 5.74) is 3.10. The van der Waals surface area contributed by atoms with Crippen LogP contribution in [-0.4, -0.2) is 39.8 Å². The summed E-state index contributed by atoms with van der Waals surface area (Å²) in [6, 6.07) is 16.6. The molecule has 1 atom stereocenters. The van der Waals surface area contributed by atoms with Crippen LogP contribution in [0.5, 0.6) is 0 Å². The molecule has 1 saturated heterocycles. The van der Waals surface area contributed by atoms with E-state index in [4.69, 9.17) is 0 Å². The topological polar surface area (TPSA) is 82.6 Å².